The van der Waals surface area contributed by atoms with Crippen molar-refractivity contribution in [3.8, 4) is 11.1 Å². The highest BCUT2D eigenvalue weighted by Gasteiger charge is 2.25. The van der Waals surface area contributed by atoms with E-state index in [0.29, 0.717) is 16.1 Å². The number of alkyl halides is 1. The van der Waals surface area contributed by atoms with Gasteiger partial charge in [0.25, 0.3) is 0 Å². The zero-order chi connectivity index (χ0) is 17.0. The maximum atomic E-state index is 13.1. The number of ether oxygens (including phenoxy) is 1. The topological polar surface area (TPSA) is 55.4 Å². The van der Waals surface area contributed by atoms with Crippen molar-refractivity contribution in [3.63, 3.8) is 0 Å². The van der Waals surface area contributed by atoms with Gasteiger partial charge in [-0.15, -0.1) is 22.9 Å². The van der Waals surface area contributed by atoms with Crippen LogP contribution in [-0.2, 0) is 9.53 Å². The summed E-state index contributed by atoms with van der Waals surface area (Å²) < 4.78 is 18.0. The van der Waals surface area contributed by atoms with Gasteiger partial charge in [0.05, 0.1) is 7.11 Å². The minimum atomic E-state index is -0.560. The molecule has 1 N–H and O–H groups in total. The third kappa shape index (κ3) is 3.89. The van der Waals surface area contributed by atoms with Crippen LogP contribution in [0, 0.1) is 12.7 Å². The molecule has 0 aliphatic carbocycles. The number of methoxy groups -OCH3 is 1. The number of nitrogens with one attached hydrogen (secondary N) is 1. The molecule has 0 bridgehead atoms. The van der Waals surface area contributed by atoms with Crippen molar-refractivity contribution < 1.29 is 18.7 Å². The first kappa shape index (κ1) is 17.4. The molecule has 0 saturated carbocycles. The van der Waals surface area contributed by atoms with Gasteiger partial charge in [-0.05, 0) is 24.6 Å². The normalized spacial score (nSPS) is 10.4. The van der Waals surface area contributed by atoms with Crippen LogP contribution < -0.4 is 5.32 Å². The number of anilines is 1. The van der Waals surface area contributed by atoms with E-state index in [1.165, 1.54) is 30.6 Å². The molecule has 2 rings (SSSR count). The fourth-order valence-corrected chi connectivity index (χ4v) is 3.42. The Morgan fingerprint density at radius 3 is 2.52 bits per heavy atom. The molecule has 0 radical (unpaired) electrons. The van der Waals surface area contributed by atoms with E-state index in [4.69, 9.17) is 16.3 Å². The second-order valence-electron chi connectivity index (χ2n) is 4.72. The third-order valence-corrected chi connectivity index (χ3v) is 4.39. The van der Waals surface area contributed by atoms with Crippen LogP contribution in [0.3, 0.4) is 0 Å². The highest BCUT2D eigenvalue weighted by Crippen LogP contribution is 2.40. The van der Waals surface area contributed by atoms with Crippen molar-refractivity contribution in [2.75, 3.05) is 18.3 Å². The zero-order valence-electron chi connectivity index (χ0n) is 12.6. The Morgan fingerprint density at radius 1 is 1.30 bits per heavy atom. The second kappa shape index (κ2) is 7.57. The van der Waals surface area contributed by atoms with E-state index >= 15 is 0 Å². The maximum absolute atomic E-state index is 13.1. The van der Waals surface area contributed by atoms with Gasteiger partial charge in [0.1, 0.15) is 16.4 Å². The number of halogens is 2. The molecule has 1 amide bonds. The van der Waals surface area contributed by atoms with E-state index in [-0.39, 0.29) is 29.6 Å². The summed E-state index contributed by atoms with van der Waals surface area (Å²) >= 11 is 6.82. The summed E-state index contributed by atoms with van der Waals surface area (Å²) in [7, 11) is 1.27. The molecule has 0 unspecified atom stereocenters. The van der Waals surface area contributed by atoms with Crippen LogP contribution in [0.5, 0.6) is 0 Å². The number of esters is 1. The summed E-state index contributed by atoms with van der Waals surface area (Å²) in [5.74, 6) is -1.02. The lowest BCUT2D eigenvalue weighted by Gasteiger charge is -2.08. The molecule has 1 aromatic heterocycles. The molecule has 0 fully saturated rings. The van der Waals surface area contributed by atoms with Gasteiger partial charge in [-0.2, -0.15) is 0 Å². The minimum Gasteiger partial charge on any atom is -0.465 e. The Kier molecular flexibility index (Phi) is 5.74. The monoisotopic (exact) mass is 355 g/mol. The number of amides is 1. The van der Waals surface area contributed by atoms with Gasteiger partial charge < -0.3 is 10.1 Å². The van der Waals surface area contributed by atoms with E-state index in [1.54, 1.807) is 12.1 Å². The third-order valence-electron chi connectivity index (χ3n) is 3.18. The zero-order valence-corrected chi connectivity index (χ0v) is 14.2. The number of benzene rings is 1. The lowest BCUT2D eigenvalue weighted by atomic mass is 10.0. The molecule has 2 aromatic rings. The Balaban J connectivity index is 2.53. The average Bonchev–Trinajstić information content (AvgIpc) is 2.83. The van der Waals surface area contributed by atoms with Gasteiger partial charge in [-0.3, -0.25) is 4.79 Å². The average molecular weight is 356 g/mol. The molecule has 23 heavy (non-hydrogen) atoms. The number of hydrogen-bond acceptors (Lipinski definition) is 4. The largest absolute Gasteiger partial charge is 0.465 e. The summed E-state index contributed by atoms with van der Waals surface area (Å²) in [5.41, 5.74) is 1.57. The van der Waals surface area contributed by atoms with E-state index < -0.39 is 5.97 Å². The van der Waals surface area contributed by atoms with Crippen LogP contribution in [0.25, 0.3) is 11.1 Å². The summed E-state index contributed by atoms with van der Waals surface area (Å²) in [4.78, 5) is 24.8. The number of carbonyl (C=O) groups is 2. The Hall–Kier alpha value is -1.92. The van der Waals surface area contributed by atoms with Crippen molar-refractivity contribution >= 4 is 39.8 Å². The van der Waals surface area contributed by atoms with Crippen molar-refractivity contribution in [2.24, 2.45) is 0 Å². The van der Waals surface area contributed by atoms with Gasteiger partial charge in [0, 0.05) is 22.7 Å². The van der Waals surface area contributed by atoms with Gasteiger partial charge in [-0.1, -0.05) is 12.1 Å². The van der Waals surface area contributed by atoms with Crippen molar-refractivity contribution in [1.29, 1.82) is 0 Å². The summed E-state index contributed by atoms with van der Waals surface area (Å²) in [6.07, 6.45) is 0.144. The molecule has 0 aliphatic heterocycles. The number of carbonyl (C=O) groups excluding carboxylic acids is 2. The Morgan fingerprint density at radius 2 is 1.96 bits per heavy atom. The number of thiophene rings is 1. The first-order valence-corrected chi connectivity index (χ1v) is 8.16. The number of rotatable bonds is 5. The highest BCUT2D eigenvalue weighted by atomic mass is 35.5. The highest BCUT2D eigenvalue weighted by molar-refractivity contribution is 7.17. The lowest BCUT2D eigenvalue weighted by Crippen LogP contribution is -2.14. The molecule has 4 nitrogen and oxygen atoms in total. The fraction of sp³-hybridized carbons (Fsp3) is 0.250. The van der Waals surface area contributed by atoms with E-state index in [1.807, 2.05) is 6.92 Å². The van der Waals surface area contributed by atoms with Crippen molar-refractivity contribution in [2.45, 2.75) is 13.3 Å². The lowest BCUT2D eigenvalue weighted by molar-refractivity contribution is -0.115. The van der Waals surface area contributed by atoms with Gasteiger partial charge in [-0.25, -0.2) is 9.18 Å². The maximum Gasteiger partial charge on any atom is 0.341 e. The van der Waals surface area contributed by atoms with Crippen LogP contribution in [0.15, 0.2) is 24.3 Å². The van der Waals surface area contributed by atoms with E-state index in [0.717, 1.165) is 4.88 Å². The standard InChI is InChI=1S/C16H15ClFNO3S/c1-9-13(10-3-5-11(18)6-4-10)14(16(21)22-2)15(23-9)19-12(20)7-8-17/h3-6H,7-8H2,1-2H3,(H,19,20). The molecule has 1 heterocycles. The molecule has 0 aliphatic rings. The molecular weight excluding hydrogens is 341 g/mol. The molecule has 7 heteroatoms. The molecule has 0 saturated heterocycles. The molecule has 122 valence electrons. The number of aryl methyl sites for hydroxylation is 1. The van der Waals surface area contributed by atoms with Crippen molar-refractivity contribution in [3.05, 3.63) is 40.5 Å². The number of hydrogen-bond donors (Lipinski definition) is 1. The van der Waals surface area contributed by atoms with Crippen LogP contribution in [0.1, 0.15) is 21.7 Å². The van der Waals surface area contributed by atoms with Crippen LogP contribution in [-0.4, -0.2) is 24.9 Å². The first-order chi connectivity index (χ1) is 11.0. The fourth-order valence-electron chi connectivity index (χ4n) is 2.17. The summed E-state index contributed by atoms with van der Waals surface area (Å²) in [5, 5.41) is 3.10. The summed E-state index contributed by atoms with van der Waals surface area (Å²) in [6.45, 7) is 1.83. The predicted octanol–water partition coefficient (Wildman–Crippen LogP) is 4.22. The first-order valence-electron chi connectivity index (χ1n) is 6.81. The molecular formula is C16H15ClFNO3S. The van der Waals surface area contributed by atoms with Crippen LogP contribution in [0.2, 0.25) is 0 Å². The Labute approximate surface area is 142 Å². The van der Waals surface area contributed by atoms with Crippen LogP contribution in [0.4, 0.5) is 9.39 Å². The molecule has 0 atom stereocenters. The minimum absolute atomic E-state index is 0.144. The van der Waals surface area contributed by atoms with E-state index in [9.17, 15) is 14.0 Å². The quantitative estimate of drug-likeness (QED) is 0.645. The van der Waals surface area contributed by atoms with Gasteiger partial charge >= 0.3 is 5.97 Å². The Bertz CT molecular complexity index is 728. The smallest absolute Gasteiger partial charge is 0.341 e. The SMILES string of the molecule is COC(=O)c1c(NC(=O)CCCl)sc(C)c1-c1ccc(F)cc1. The predicted molar refractivity (Wildman–Crippen MR) is 89.8 cm³/mol. The molecule has 1 aromatic carbocycles. The van der Waals surface area contributed by atoms with Crippen molar-refractivity contribution in [1.82, 2.24) is 0 Å². The van der Waals surface area contributed by atoms with Gasteiger partial charge in [0.2, 0.25) is 5.91 Å². The second-order valence-corrected chi connectivity index (χ2v) is 6.33. The van der Waals surface area contributed by atoms with E-state index in [2.05, 4.69) is 5.32 Å². The van der Waals surface area contributed by atoms with Gasteiger partial charge in [0.15, 0.2) is 0 Å². The summed E-state index contributed by atoms with van der Waals surface area (Å²) in [6, 6.07) is 5.81. The van der Waals surface area contributed by atoms with Crippen LogP contribution >= 0.6 is 22.9 Å². The molecule has 0 spiro atoms.